The molecule has 0 aliphatic heterocycles. The Hall–Kier alpha value is -3.41. The molecule has 0 bridgehead atoms. The van der Waals surface area contributed by atoms with E-state index in [1.807, 2.05) is 54.6 Å². The van der Waals surface area contributed by atoms with Crippen molar-refractivity contribution in [3.05, 3.63) is 94.8 Å². The third kappa shape index (κ3) is 4.63. The zero-order chi connectivity index (χ0) is 23.5. The number of rotatable bonds is 6. The van der Waals surface area contributed by atoms with Crippen molar-refractivity contribution < 1.29 is 4.42 Å². The maximum absolute atomic E-state index is 6.42. The molecule has 34 heavy (non-hydrogen) atoms. The van der Waals surface area contributed by atoms with E-state index in [-0.39, 0.29) is 0 Å². The van der Waals surface area contributed by atoms with Crippen molar-refractivity contribution in [1.29, 1.82) is 0 Å². The summed E-state index contributed by atoms with van der Waals surface area (Å²) in [7, 11) is 0. The van der Waals surface area contributed by atoms with Crippen LogP contribution >= 0.6 is 22.9 Å². The van der Waals surface area contributed by atoms with Gasteiger partial charge in [-0.1, -0.05) is 41.9 Å². The molecule has 0 spiro atoms. The molecular formula is C28H24ClN3OS. The van der Waals surface area contributed by atoms with Crippen LogP contribution in [0.3, 0.4) is 0 Å². The molecule has 5 rings (SSSR count). The molecule has 4 nitrogen and oxygen atoms in total. The van der Waals surface area contributed by atoms with Gasteiger partial charge in [0.1, 0.15) is 10.6 Å². The molecule has 0 aliphatic carbocycles. The third-order valence-electron chi connectivity index (χ3n) is 5.72. The fourth-order valence-corrected chi connectivity index (χ4v) is 4.86. The van der Waals surface area contributed by atoms with Gasteiger partial charge in [-0.25, -0.2) is 9.98 Å². The third-order valence-corrected chi connectivity index (χ3v) is 6.85. The Bertz CT molecular complexity index is 1490. The predicted molar refractivity (Wildman–Crippen MR) is 143 cm³/mol. The molecule has 170 valence electrons. The van der Waals surface area contributed by atoms with Crippen molar-refractivity contribution in [3.8, 4) is 21.8 Å². The number of halogens is 1. The summed E-state index contributed by atoms with van der Waals surface area (Å²) >= 11 is 7.63. The fourth-order valence-electron chi connectivity index (χ4n) is 3.90. The summed E-state index contributed by atoms with van der Waals surface area (Å²) in [6.07, 6.45) is 0. The van der Waals surface area contributed by atoms with Gasteiger partial charge in [0, 0.05) is 46.2 Å². The molecule has 2 aromatic heterocycles. The highest BCUT2D eigenvalue weighted by Gasteiger charge is 2.13. The van der Waals surface area contributed by atoms with Gasteiger partial charge in [0.05, 0.1) is 16.9 Å². The molecule has 0 fully saturated rings. The highest BCUT2D eigenvalue weighted by molar-refractivity contribution is 7.13. The number of anilines is 1. The zero-order valence-corrected chi connectivity index (χ0v) is 20.6. The minimum absolute atomic E-state index is 0.549. The quantitative estimate of drug-likeness (QED) is 0.245. The van der Waals surface area contributed by atoms with Crippen LogP contribution in [0.1, 0.15) is 13.8 Å². The normalized spacial score (nSPS) is 11.8. The number of benzene rings is 3. The second-order valence-corrected chi connectivity index (χ2v) is 9.15. The molecule has 3 aromatic carbocycles. The largest absolute Gasteiger partial charge is 0.438 e. The van der Waals surface area contributed by atoms with Crippen LogP contribution in [0.5, 0.6) is 0 Å². The van der Waals surface area contributed by atoms with Gasteiger partial charge in [-0.2, -0.15) is 0 Å². The molecule has 0 atom stereocenters. The number of hydrogen-bond acceptors (Lipinski definition) is 5. The van der Waals surface area contributed by atoms with E-state index in [2.05, 4.69) is 48.4 Å². The average Bonchev–Trinajstić information content (AvgIpc) is 3.35. The fraction of sp³-hybridized carbons (Fsp3) is 0.143. The van der Waals surface area contributed by atoms with Crippen molar-refractivity contribution >= 4 is 45.3 Å². The standard InChI is InChI=1S/C28H24ClN3OS/c1-3-32(4-2)23-15-12-20-16-24(27(33-26(20)17-23)30-22-8-6-5-7-9-22)28-31-25(18-34-28)19-10-13-21(29)14-11-19/h5-18H,3-4H2,1-2H3. The first-order valence-electron chi connectivity index (χ1n) is 11.3. The monoisotopic (exact) mass is 485 g/mol. The van der Waals surface area contributed by atoms with Crippen LogP contribution in [0, 0.1) is 0 Å². The Kier molecular flexibility index (Phi) is 6.48. The SMILES string of the molecule is CCN(CC)c1ccc2cc(-c3nc(-c4ccc(Cl)cc4)cs3)c(=Nc3ccccc3)oc2c1. The summed E-state index contributed by atoms with van der Waals surface area (Å²) < 4.78 is 6.42. The van der Waals surface area contributed by atoms with Gasteiger partial charge in [-0.15, -0.1) is 11.3 Å². The average molecular weight is 486 g/mol. The molecule has 0 saturated heterocycles. The number of hydrogen-bond donors (Lipinski definition) is 0. The number of fused-ring (bicyclic) bond motifs is 1. The lowest BCUT2D eigenvalue weighted by molar-refractivity contribution is 0.547. The maximum atomic E-state index is 6.42. The summed E-state index contributed by atoms with van der Waals surface area (Å²) in [5.74, 6) is 0. The Morgan fingerprint density at radius 3 is 2.44 bits per heavy atom. The van der Waals surface area contributed by atoms with E-state index in [0.717, 1.165) is 57.3 Å². The first-order valence-corrected chi connectivity index (χ1v) is 12.5. The van der Waals surface area contributed by atoms with Crippen LogP contribution in [0.2, 0.25) is 5.02 Å². The van der Waals surface area contributed by atoms with Gasteiger partial charge in [-0.3, -0.25) is 0 Å². The number of aromatic nitrogens is 1. The van der Waals surface area contributed by atoms with E-state index in [1.165, 1.54) is 0 Å². The Morgan fingerprint density at radius 1 is 0.941 bits per heavy atom. The van der Waals surface area contributed by atoms with Crippen molar-refractivity contribution in [2.24, 2.45) is 4.99 Å². The molecule has 0 saturated carbocycles. The van der Waals surface area contributed by atoms with Crippen molar-refractivity contribution in [2.45, 2.75) is 13.8 Å². The van der Waals surface area contributed by atoms with Gasteiger partial charge in [-0.05, 0) is 56.3 Å². The minimum Gasteiger partial charge on any atom is -0.438 e. The van der Waals surface area contributed by atoms with Crippen LogP contribution in [0.4, 0.5) is 11.4 Å². The van der Waals surface area contributed by atoms with Gasteiger partial charge in [0.15, 0.2) is 0 Å². The highest BCUT2D eigenvalue weighted by atomic mass is 35.5. The summed E-state index contributed by atoms with van der Waals surface area (Å²) in [6, 6.07) is 26.1. The smallest absolute Gasteiger partial charge is 0.230 e. The second-order valence-electron chi connectivity index (χ2n) is 7.85. The highest BCUT2D eigenvalue weighted by Crippen LogP contribution is 2.31. The predicted octanol–water partition coefficient (Wildman–Crippen LogP) is 7.96. The summed E-state index contributed by atoms with van der Waals surface area (Å²) in [4.78, 5) is 12.1. The first kappa shape index (κ1) is 22.4. The Balaban J connectivity index is 1.67. The second kappa shape index (κ2) is 9.84. The summed E-state index contributed by atoms with van der Waals surface area (Å²) in [5, 5.41) is 4.64. The summed E-state index contributed by atoms with van der Waals surface area (Å²) in [6.45, 7) is 6.19. The molecule has 0 radical (unpaired) electrons. The Morgan fingerprint density at radius 2 is 1.71 bits per heavy atom. The molecule has 6 heteroatoms. The minimum atomic E-state index is 0.549. The van der Waals surface area contributed by atoms with E-state index < -0.39 is 0 Å². The van der Waals surface area contributed by atoms with Crippen molar-refractivity contribution in [2.75, 3.05) is 18.0 Å². The van der Waals surface area contributed by atoms with Crippen LogP contribution in [-0.4, -0.2) is 18.1 Å². The molecule has 2 heterocycles. The lowest BCUT2D eigenvalue weighted by Crippen LogP contribution is -2.21. The van der Waals surface area contributed by atoms with E-state index in [1.54, 1.807) is 11.3 Å². The topological polar surface area (TPSA) is 41.6 Å². The van der Waals surface area contributed by atoms with Crippen LogP contribution in [-0.2, 0) is 0 Å². The van der Waals surface area contributed by atoms with E-state index in [9.17, 15) is 0 Å². The lowest BCUT2D eigenvalue weighted by atomic mass is 10.1. The van der Waals surface area contributed by atoms with Gasteiger partial charge >= 0.3 is 0 Å². The molecule has 0 aliphatic rings. The van der Waals surface area contributed by atoms with Gasteiger partial charge < -0.3 is 9.32 Å². The van der Waals surface area contributed by atoms with Crippen LogP contribution in [0.15, 0.2) is 93.7 Å². The molecule has 0 N–H and O–H groups in total. The van der Waals surface area contributed by atoms with E-state index >= 15 is 0 Å². The van der Waals surface area contributed by atoms with E-state index in [0.29, 0.717) is 10.6 Å². The number of thiazole rings is 1. The Labute approximate surface area is 207 Å². The van der Waals surface area contributed by atoms with Crippen molar-refractivity contribution in [1.82, 2.24) is 4.98 Å². The molecular weight excluding hydrogens is 462 g/mol. The maximum Gasteiger partial charge on any atom is 0.230 e. The number of para-hydroxylation sites is 1. The van der Waals surface area contributed by atoms with Crippen molar-refractivity contribution in [3.63, 3.8) is 0 Å². The first-order chi connectivity index (χ1) is 16.6. The molecule has 0 unspecified atom stereocenters. The number of nitrogens with zero attached hydrogens (tertiary/aromatic N) is 3. The van der Waals surface area contributed by atoms with Gasteiger partial charge in [0.25, 0.3) is 0 Å². The van der Waals surface area contributed by atoms with Crippen LogP contribution in [0.25, 0.3) is 32.8 Å². The van der Waals surface area contributed by atoms with Crippen LogP contribution < -0.4 is 10.5 Å². The van der Waals surface area contributed by atoms with E-state index in [4.69, 9.17) is 26.0 Å². The zero-order valence-electron chi connectivity index (χ0n) is 19.0. The summed E-state index contributed by atoms with van der Waals surface area (Å²) in [5.41, 5.74) is 6.12. The van der Waals surface area contributed by atoms with Gasteiger partial charge in [0.2, 0.25) is 5.55 Å². The lowest BCUT2D eigenvalue weighted by Gasteiger charge is -2.21. The molecule has 5 aromatic rings. The molecule has 0 amide bonds.